The summed E-state index contributed by atoms with van der Waals surface area (Å²) in [5.41, 5.74) is 2.70. The lowest BCUT2D eigenvalue weighted by atomic mass is 10.1. The molecule has 1 aliphatic rings. The summed E-state index contributed by atoms with van der Waals surface area (Å²) in [6.45, 7) is 0.806. The number of aromatic nitrogens is 2. The van der Waals surface area contributed by atoms with Crippen LogP contribution in [0.5, 0.6) is 0 Å². The number of carbonyl (C=O) groups is 1. The number of benzene rings is 1. The molecule has 1 unspecified atom stereocenters. The highest BCUT2D eigenvalue weighted by Gasteiger charge is 2.16. The van der Waals surface area contributed by atoms with E-state index in [2.05, 4.69) is 5.10 Å². The summed E-state index contributed by atoms with van der Waals surface area (Å²) >= 11 is 0. The molecule has 0 spiro atoms. The Kier molecular flexibility index (Phi) is 3.42. The molecule has 4 nitrogen and oxygen atoms in total. The molecule has 1 aromatic heterocycles. The molecular formula is C15H16N2O2. The highest BCUT2D eigenvalue weighted by Crippen LogP contribution is 2.25. The van der Waals surface area contributed by atoms with Crippen LogP contribution in [0.25, 0.3) is 11.1 Å². The Morgan fingerprint density at radius 3 is 3.05 bits per heavy atom. The summed E-state index contributed by atoms with van der Waals surface area (Å²) in [5.74, 6) is 0. The Bertz CT molecular complexity index is 571. The van der Waals surface area contributed by atoms with Crippen molar-refractivity contribution in [1.29, 1.82) is 0 Å². The Balaban J connectivity index is 1.85. The quantitative estimate of drug-likeness (QED) is 0.793. The zero-order valence-electron chi connectivity index (χ0n) is 10.7. The maximum atomic E-state index is 10.8. The van der Waals surface area contributed by atoms with E-state index < -0.39 is 0 Å². The normalized spacial score (nSPS) is 19.3. The van der Waals surface area contributed by atoms with E-state index in [0.29, 0.717) is 5.56 Å². The van der Waals surface area contributed by atoms with Gasteiger partial charge in [-0.25, -0.2) is 4.68 Å². The van der Waals surface area contributed by atoms with E-state index in [1.165, 1.54) is 6.42 Å². The predicted molar refractivity (Wildman–Crippen MR) is 71.9 cm³/mol. The first-order chi connectivity index (χ1) is 9.36. The lowest BCUT2D eigenvalue weighted by molar-refractivity contribution is -0.0394. The largest absolute Gasteiger partial charge is 0.357 e. The molecule has 0 radical (unpaired) electrons. The highest BCUT2D eigenvalue weighted by atomic mass is 16.5. The van der Waals surface area contributed by atoms with Gasteiger partial charge < -0.3 is 4.74 Å². The van der Waals surface area contributed by atoms with Gasteiger partial charge in [0.15, 0.2) is 0 Å². The second kappa shape index (κ2) is 5.36. The van der Waals surface area contributed by atoms with Gasteiger partial charge >= 0.3 is 0 Å². The summed E-state index contributed by atoms with van der Waals surface area (Å²) in [4.78, 5) is 10.8. The summed E-state index contributed by atoms with van der Waals surface area (Å²) in [7, 11) is 0. The summed E-state index contributed by atoms with van der Waals surface area (Å²) < 4.78 is 7.58. The summed E-state index contributed by atoms with van der Waals surface area (Å²) in [6, 6.07) is 7.53. The lowest BCUT2D eigenvalue weighted by Gasteiger charge is -2.22. The molecule has 1 aliphatic heterocycles. The van der Waals surface area contributed by atoms with E-state index in [1.54, 1.807) is 6.07 Å². The molecule has 0 bridgehead atoms. The second-order valence-electron chi connectivity index (χ2n) is 4.77. The molecule has 2 heterocycles. The molecule has 4 heteroatoms. The van der Waals surface area contributed by atoms with E-state index in [-0.39, 0.29) is 6.23 Å². The van der Waals surface area contributed by atoms with E-state index in [9.17, 15) is 4.79 Å². The van der Waals surface area contributed by atoms with Crippen LogP contribution < -0.4 is 0 Å². The molecule has 1 atom stereocenters. The number of hydrogen-bond donors (Lipinski definition) is 0. The van der Waals surface area contributed by atoms with Crippen molar-refractivity contribution >= 4 is 6.29 Å². The van der Waals surface area contributed by atoms with Gasteiger partial charge in [0.05, 0.1) is 6.20 Å². The molecule has 0 saturated carbocycles. The molecule has 2 aromatic rings. The lowest BCUT2D eigenvalue weighted by Crippen LogP contribution is -2.18. The van der Waals surface area contributed by atoms with E-state index in [0.717, 1.165) is 36.9 Å². The molecule has 19 heavy (non-hydrogen) atoms. The maximum Gasteiger partial charge on any atom is 0.150 e. The highest BCUT2D eigenvalue weighted by molar-refractivity contribution is 5.78. The standard InChI is InChI=1S/C15H16N2O2/c18-11-12-4-3-5-13(8-12)14-9-16-17(10-14)15-6-1-2-7-19-15/h3-5,8-11,15H,1-2,6-7H2. The Morgan fingerprint density at radius 2 is 2.26 bits per heavy atom. The molecule has 0 amide bonds. The minimum atomic E-state index is 0.0525. The first kappa shape index (κ1) is 12.1. The number of aldehydes is 1. The molecule has 0 aliphatic carbocycles. The van der Waals surface area contributed by atoms with Gasteiger partial charge in [-0.2, -0.15) is 5.10 Å². The minimum absolute atomic E-state index is 0.0525. The van der Waals surface area contributed by atoms with Gasteiger partial charge in [0.2, 0.25) is 0 Å². The molecule has 98 valence electrons. The van der Waals surface area contributed by atoms with Crippen LogP contribution in [0.3, 0.4) is 0 Å². The van der Waals surface area contributed by atoms with Gasteiger partial charge in [0, 0.05) is 23.9 Å². The predicted octanol–water partition coefficient (Wildman–Crippen LogP) is 3.06. The topological polar surface area (TPSA) is 44.1 Å². The average molecular weight is 256 g/mol. The molecule has 1 fully saturated rings. The first-order valence-corrected chi connectivity index (χ1v) is 6.58. The summed E-state index contributed by atoms with van der Waals surface area (Å²) in [5, 5.41) is 4.38. The van der Waals surface area contributed by atoms with Gasteiger partial charge in [0.1, 0.15) is 12.5 Å². The number of ether oxygens (including phenoxy) is 1. The zero-order valence-corrected chi connectivity index (χ0v) is 10.7. The van der Waals surface area contributed by atoms with Crippen LogP contribution in [0.1, 0.15) is 35.8 Å². The number of rotatable bonds is 3. The fourth-order valence-corrected chi connectivity index (χ4v) is 2.37. The third kappa shape index (κ3) is 2.58. The van der Waals surface area contributed by atoms with Crippen molar-refractivity contribution in [3.05, 3.63) is 42.2 Å². The van der Waals surface area contributed by atoms with Crippen molar-refractivity contribution in [2.45, 2.75) is 25.5 Å². The van der Waals surface area contributed by atoms with E-state index >= 15 is 0 Å². The third-order valence-corrected chi connectivity index (χ3v) is 3.41. The first-order valence-electron chi connectivity index (χ1n) is 6.58. The Hall–Kier alpha value is -1.94. The SMILES string of the molecule is O=Cc1cccc(-c2cnn(C3CCCCO3)c2)c1. The van der Waals surface area contributed by atoms with Crippen molar-refractivity contribution in [2.75, 3.05) is 6.61 Å². The van der Waals surface area contributed by atoms with Crippen molar-refractivity contribution in [3.63, 3.8) is 0 Å². The average Bonchev–Trinajstić information content (AvgIpc) is 2.98. The van der Waals surface area contributed by atoms with Crippen LogP contribution in [0.4, 0.5) is 0 Å². The van der Waals surface area contributed by atoms with Gasteiger partial charge in [-0.3, -0.25) is 4.79 Å². The zero-order chi connectivity index (χ0) is 13.1. The minimum Gasteiger partial charge on any atom is -0.357 e. The fourth-order valence-electron chi connectivity index (χ4n) is 2.37. The molecule has 3 rings (SSSR count). The second-order valence-corrected chi connectivity index (χ2v) is 4.77. The number of hydrogen-bond acceptors (Lipinski definition) is 3. The molecular weight excluding hydrogens is 240 g/mol. The molecule has 1 saturated heterocycles. The van der Waals surface area contributed by atoms with Crippen LogP contribution in [-0.2, 0) is 4.74 Å². The van der Waals surface area contributed by atoms with E-state index in [4.69, 9.17) is 4.74 Å². The van der Waals surface area contributed by atoms with Gasteiger partial charge in [-0.15, -0.1) is 0 Å². The van der Waals surface area contributed by atoms with Crippen LogP contribution in [0.2, 0.25) is 0 Å². The number of carbonyl (C=O) groups excluding carboxylic acids is 1. The van der Waals surface area contributed by atoms with Crippen molar-refractivity contribution in [1.82, 2.24) is 9.78 Å². The van der Waals surface area contributed by atoms with Crippen LogP contribution in [-0.4, -0.2) is 22.7 Å². The Morgan fingerprint density at radius 1 is 1.32 bits per heavy atom. The van der Waals surface area contributed by atoms with Crippen molar-refractivity contribution in [2.24, 2.45) is 0 Å². The van der Waals surface area contributed by atoms with E-state index in [1.807, 2.05) is 35.3 Å². The van der Waals surface area contributed by atoms with Gasteiger partial charge in [-0.05, 0) is 30.9 Å². The van der Waals surface area contributed by atoms with Crippen molar-refractivity contribution < 1.29 is 9.53 Å². The fraction of sp³-hybridized carbons (Fsp3) is 0.333. The number of nitrogens with zero attached hydrogens (tertiary/aromatic N) is 2. The maximum absolute atomic E-state index is 10.8. The molecule has 1 aromatic carbocycles. The smallest absolute Gasteiger partial charge is 0.150 e. The van der Waals surface area contributed by atoms with Gasteiger partial charge in [0.25, 0.3) is 0 Å². The third-order valence-electron chi connectivity index (χ3n) is 3.41. The van der Waals surface area contributed by atoms with Crippen LogP contribution in [0.15, 0.2) is 36.7 Å². The van der Waals surface area contributed by atoms with Crippen molar-refractivity contribution in [3.8, 4) is 11.1 Å². The Labute approximate surface area is 112 Å². The molecule has 0 N–H and O–H groups in total. The summed E-state index contributed by atoms with van der Waals surface area (Å²) in [6.07, 6.45) is 8.04. The van der Waals surface area contributed by atoms with Crippen LogP contribution >= 0.6 is 0 Å². The monoisotopic (exact) mass is 256 g/mol. The van der Waals surface area contributed by atoms with Crippen LogP contribution in [0, 0.1) is 0 Å². The van der Waals surface area contributed by atoms with Gasteiger partial charge in [-0.1, -0.05) is 18.2 Å².